The fourth-order valence-corrected chi connectivity index (χ4v) is 8.39. The molecule has 0 atom stereocenters. The van der Waals surface area contributed by atoms with Crippen molar-refractivity contribution >= 4 is 16.5 Å². The van der Waals surface area contributed by atoms with Crippen LogP contribution in [0.5, 0.6) is 0 Å². The fourth-order valence-electron chi connectivity index (χ4n) is 0.932. The van der Waals surface area contributed by atoms with Crippen LogP contribution in [-0.2, 0) is 21.1 Å². The van der Waals surface area contributed by atoms with Crippen molar-refractivity contribution < 1.29 is 21.1 Å². The van der Waals surface area contributed by atoms with Crippen molar-refractivity contribution in [3.05, 3.63) is 24.6 Å². The zero-order valence-electron chi connectivity index (χ0n) is 8.39. The van der Waals surface area contributed by atoms with Crippen molar-refractivity contribution in [2.45, 2.75) is 26.2 Å². The van der Waals surface area contributed by atoms with Crippen LogP contribution in [0, 0.1) is 0 Å². The van der Waals surface area contributed by atoms with Gasteiger partial charge >= 0.3 is 0 Å². The fraction of sp³-hybridized carbons (Fsp3) is 0.500. The average Bonchev–Trinajstić information content (AvgIpc) is 1.86. The van der Waals surface area contributed by atoms with Crippen molar-refractivity contribution in [3.63, 3.8) is 0 Å². The summed E-state index contributed by atoms with van der Waals surface area (Å²) in [7, 11) is -2.66. The molecule has 0 saturated carbocycles. The first-order valence-corrected chi connectivity index (χ1v) is 10.0. The Morgan fingerprint density at radius 2 is 1.17 bits per heavy atom. The Bertz CT molecular complexity index is 148. The van der Waals surface area contributed by atoms with Crippen LogP contribution in [0.3, 0.4) is 0 Å². The molecule has 0 aliphatic rings. The van der Waals surface area contributed by atoms with Crippen molar-refractivity contribution in [1.29, 1.82) is 0 Å². The van der Waals surface area contributed by atoms with E-state index in [2.05, 4.69) is 55.4 Å². The molecule has 0 aromatic rings. The molecule has 0 aromatic carbocycles. The van der Waals surface area contributed by atoms with E-state index in [4.69, 9.17) is 0 Å². The monoisotopic (exact) mass is 380 g/mol. The second-order valence-electron chi connectivity index (χ2n) is 3.98. The first kappa shape index (κ1) is 15.1. The quantitative estimate of drug-likeness (QED) is 0.739. The predicted molar refractivity (Wildman–Crippen MR) is 58.5 cm³/mol. The van der Waals surface area contributed by atoms with E-state index in [0.29, 0.717) is 0 Å². The predicted octanol–water partition coefficient (Wildman–Crippen LogP) is 2.43. The van der Waals surface area contributed by atoms with E-state index in [1.807, 2.05) is 0 Å². The topological polar surface area (TPSA) is 12.0 Å². The summed E-state index contributed by atoms with van der Waals surface area (Å²) in [5, 5.41) is 0. The van der Waals surface area contributed by atoms with Crippen LogP contribution in [0.1, 0.15) is 0 Å². The second kappa shape index (κ2) is 5.33. The van der Waals surface area contributed by atoms with E-state index < -0.39 is 16.5 Å². The summed E-state index contributed by atoms with van der Waals surface area (Å²) in [6.07, 6.45) is 0. The Balaban J connectivity index is 0. The van der Waals surface area contributed by atoms with Crippen LogP contribution >= 0.6 is 0 Å². The minimum atomic E-state index is -1.33. The van der Waals surface area contributed by atoms with E-state index >= 15 is 0 Å². The minimum absolute atomic E-state index is 0. The minimum Gasteiger partial charge on any atom is -0.353 e. The van der Waals surface area contributed by atoms with Crippen molar-refractivity contribution in [3.8, 4) is 0 Å². The number of nitrogens with one attached hydrogen (secondary N) is 1. The molecule has 0 unspecified atom stereocenters. The zero-order chi connectivity index (χ0) is 9.12. The molecule has 1 nitrogen and oxygen atoms in total. The molecule has 0 saturated heterocycles. The Morgan fingerprint density at radius 1 is 0.917 bits per heavy atom. The molecule has 4 heteroatoms. The van der Waals surface area contributed by atoms with Crippen LogP contribution in [-0.4, -0.2) is 16.5 Å². The Kier molecular flexibility index (Phi) is 6.68. The van der Waals surface area contributed by atoms with Gasteiger partial charge in [0.2, 0.25) is 0 Å². The smallest absolute Gasteiger partial charge is 0.137 e. The molecule has 0 aliphatic heterocycles. The van der Waals surface area contributed by atoms with E-state index in [-0.39, 0.29) is 21.1 Å². The molecule has 0 aromatic heterocycles. The SMILES string of the molecule is C=C[Si](C)(C)N[Si](C)(C)C=C.[Pt]. The molecular formula is C8H19NPtSi2. The summed E-state index contributed by atoms with van der Waals surface area (Å²) >= 11 is 0. The van der Waals surface area contributed by atoms with Gasteiger partial charge < -0.3 is 4.65 Å². The standard InChI is InChI=1S/C8H19NSi2.Pt/c1-7-10(3,4)9-11(5,6)8-2;/h7-9H,1-2H2,3-6H3;. The van der Waals surface area contributed by atoms with Gasteiger partial charge in [0.15, 0.2) is 0 Å². The maximum atomic E-state index is 3.84. The Hall–Kier alpha value is 0.562. The molecular weight excluding hydrogens is 361 g/mol. The van der Waals surface area contributed by atoms with Crippen LogP contribution < -0.4 is 4.65 Å². The van der Waals surface area contributed by atoms with E-state index in [1.54, 1.807) is 0 Å². The maximum Gasteiger partial charge on any atom is 0.137 e. The summed E-state index contributed by atoms with van der Waals surface area (Å²) in [4.78, 5) is 0. The third kappa shape index (κ3) is 6.12. The average molecular weight is 380 g/mol. The van der Waals surface area contributed by atoms with Gasteiger partial charge in [-0.2, -0.15) is 0 Å². The molecule has 0 fully saturated rings. The molecule has 1 N–H and O–H groups in total. The van der Waals surface area contributed by atoms with Crippen LogP contribution in [0.15, 0.2) is 24.6 Å². The van der Waals surface area contributed by atoms with Gasteiger partial charge in [-0.1, -0.05) is 37.6 Å². The van der Waals surface area contributed by atoms with Gasteiger partial charge in [0.05, 0.1) is 0 Å². The van der Waals surface area contributed by atoms with Gasteiger partial charge in [-0.15, -0.1) is 13.2 Å². The molecule has 0 radical (unpaired) electrons. The molecule has 12 heavy (non-hydrogen) atoms. The third-order valence-electron chi connectivity index (χ3n) is 1.66. The summed E-state index contributed by atoms with van der Waals surface area (Å²) in [5.41, 5.74) is 4.15. The van der Waals surface area contributed by atoms with Crippen molar-refractivity contribution in [2.75, 3.05) is 0 Å². The van der Waals surface area contributed by atoms with Crippen molar-refractivity contribution in [2.24, 2.45) is 0 Å². The molecule has 74 valence electrons. The zero-order valence-corrected chi connectivity index (χ0v) is 12.7. The van der Waals surface area contributed by atoms with E-state index in [0.717, 1.165) is 0 Å². The van der Waals surface area contributed by atoms with Gasteiger partial charge in [0.25, 0.3) is 0 Å². The van der Waals surface area contributed by atoms with Crippen LogP contribution in [0.25, 0.3) is 0 Å². The number of hydrogen-bond acceptors (Lipinski definition) is 1. The first-order valence-electron chi connectivity index (χ1n) is 3.89. The molecule has 0 spiro atoms. The van der Waals surface area contributed by atoms with E-state index in [9.17, 15) is 0 Å². The molecule has 0 amide bonds. The molecule has 0 rings (SSSR count). The van der Waals surface area contributed by atoms with Gasteiger partial charge in [-0.05, 0) is 0 Å². The second-order valence-corrected chi connectivity index (χ2v) is 12.7. The molecule has 0 heterocycles. The summed E-state index contributed by atoms with van der Waals surface area (Å²) in [5.74, 6) is 0. The first-order chi connectivity index (χ1) is 4.83. The summed E-state index contributed by atoms with van der Waals surface area (Å²) < 4.78 is 3.67. The maximum absolute atomic E-state index is 3.84. The third-order valence-corrected chi connectivity index (χ3v) is 8.86. The van der Waals surface area contributed by atoms with Gasteiger partial charge in [-0.25, -0.2) is 0 Å². The van der Waals surface area contributed by atoms with Gasteiger partial charge in [0, 0.05) is 21.1 Å². The summed E-state index contributed by atoms with van der Waals surface area (Å²) in [6, 6.07) is 0. The molecule has 0 aliphatic carbocycles. The van der Waals surface area contributed by atoms with Crippen molar-refractivity contribution in [1.82, 2.24) is 4.65 Å². The normalized spacial score (nSPS) is 11.7. The molecule has 0 bridgehead atoms. The largest absolute Gasteiger partial charge is 0.353 e. The van der Waals surface area contributed by atoms with Crippen LogP contribution in [0.2, 0.25) is 26.2 Å². The van der Waals surface area contributed by atoms with Crippen LogP contribution in [0.4, 0.5) is 0 Å². The Labute approximate surface area is 92.8 Å². The van der Waals surface area contributed by atoms with Gasteiger partial charge in [0.1, 0.15) is 16.5 Å². The number of rotatable bonds is 4. The number of hydrogen-bond donors (Lipinski definition) is 1. The van der Waals surface area contributed by atoms with Gasteiger partial charge in [-0.3, -0.25) is 0 Å². The summed E-state index contributed by atoms with van der Waals surface area (Å²) in [6.45, 7) is 16.7. The Morgan fingerprint density at radius 3 is 1.33 bits per heavy atom. The van der Waals surface area contributed by atoms with E-state index in [1.165, 1.54) is 0 Å².